The molecule has 0 radical (unpaired) electrons. The van der Waals surface area contributed by atoms with Crippen molar-refractivity contribution < 1.29 is 132 Å². The van der Waals surface area contributed by atoms with Crippen molar-refractivity contribution in [3.63, 3.8) is 0 Å². The number of phenolic OH excluding ortho intramolecular Hbond substituents is 4. The number of benzene rings is 6. The number of aromatic hydroxyl groups is 4. The molecule has 7 heterocycles. The van der Waals surface area contributed by atoms with E-state index in [0.29, 0.717) is 119 Å². The van der Waals surface area contributed by atoms with E-state index in [1.807, 2.05) is 0 Å². The van der Waals surface area contributed by atoms with E-state index in [0.717, 1.165) is 181 Å². The molecule has 123 heavy (non-hydrogen) atoms. The van der Waals surface area contributed by atoms with E-state index in [2.05, 4.69) is 90.1 Å². The van der Waals surface area contributed by atoms with Crippen molar-refractivity contribution in [3.05, 3.63) is 140 Å². The van der Waals surface area contributed by atoms with Crippen LogP contribution in [0.25, 0.3) is 0 Å². The van der Waals surface area contributed by atoms with E-state index in [-0.39, 0.29) is 133 Å². The average molecular weight is 1740 g/mol. The van der Waals surface area contributed by atoms with Gasteiger partial charge in [0.1, 0.15) is 95.6 Å². The quantitative estimate of drug-likeness (QED) is 0.0103. The van der Waals surface area contributed by atoms with Gasteiger partial charge in [-0.3, -0.25) is 0 Å². The Balaban J connectivity index is 0.000000332. The predicted octanol–water partition coefficient (Wildman–Crippen LogP) is 16.6. The van der Waals surface area contributed by atoms with Crippen LogP contribution in [0, 0.1) is 17.8 Å². The fourth-order valence-corrected chi connectivity index (χ4v) is 18.6. The second-order valence-electron chi connectivity index (χ2n) is 35.2. The third-order valence-electron chi connectivity index (χ3n) is 25.2. The predicted molar refractivity (Wildman–Crippen MR) is 472 cm³/mol. The van der Waals surface area contributed by atoms with Crippen molar-refractivity contribution in [3.8, 4) is 69.0 Å². The average Bonchev–Trinajstić information content (AvgIpc) is 1.15. The zero-order chi connectivity index (χ0) is 83.4. The van der Waals surface area contributed by atoms with Crippen LogP contribution < -0.4 is 67.5 Å². The van der Waals surface area contributed by atoms with Crippen LogP contribution in [-0.4, -0.2) is 185 Å². The van der Waals surface area contributed by atoms with E-state index in [9.17, 15) is 25.5 Å². The number of hydrogen-bond donors (Lipinski definition) is 5. The number of halogens is 1. The number of aliphatic hydroxyl groups excluding tert-OH is 1. The molecule has 23 heteroatoms. The number of aliphatic hydroxyl groups is 1. The van der Waals surface area contributed by atoms with Gasteiger partial charge in [-0.05, 0) is 234 Å². The van der Waals surface area contributed by atoms with Crippen LogP contribution in [0.5, 0.6) is 69.0 Å². The molecule has 9 unspecified atom stereocenters. The molecule has 674 valence electrons. The summed E-state index contributed by atoms with van der Waals surface area (Å²) in [7, 11) is 0. The van der Waals surface area contributed by atoms with Gasteiger partial charge < -0.3 is 102 Å². The normalized spacial score (nSPS) is 21.8. The van der Waals surface area contributed by atoms with Crippen molar-refractivity contribution >= 4 is 11.6 Å². The van der Waals surface area contributed by atoms with Crippen LogP contribution in [-0.2, 0) is 71.7 Å². The fraction of sp³-hybridized carbons (Fsp3) is 0.640. The monoisotopic (exact) mass is 1730 g/mol. The molecule has 21 nitrogen and oxygen atoms in total. The molecule has 7 saturated heterocycles. The molecule has 3 aliphatic carbocycles. The molecule has 6 N–H and O–H groups in total. The van der Waals surface area contributed by atoms with Crippen LogP contribution in [0.1, 0.15) is 268 Å². The van der Waals surface area contributed by atoms with Gasteiger partial charge in [-0.25, -0.2) is 0 Å². The summed E-state index contributed by atoms with van der Waals surface area (Å²) in [5, 5.41) is 52.9. The minimum atomic E-state index is -0.977. The first-order valence-electron chi connectivity index (χ1n) is 46.0. The summed E-state index contributed by atoms with van der Waals surface area (Å²) in [6.07, 6.45) is 28.5. The van der Waals surface area contributed by atoms with Gasteiger partial charge in [-0.2, -0.15) is 0 Å². The van der Waals surface area contributed by atoms with Gasteiger partial charge >= 0.3 is 29.6 Å². The Kier molecular flexibility index (Phi) is 38.3. The largest absolute Gasteiger partial charge is 1.00 e. The van der Waals surface area contributed by atoms with Crippen molar-refractivity contribution in [1.82, 2.24) is 0 Å². The number of ether oxygens (including phenoxy) is 15. The van der Waals surface area contributed by atoms with Crippen LogP contribution >= 0.6 is 11.6 Å². The van der Waals surface area contributed by atoms with Crippen LogP contribution in [0.2, 0.25) is 0 Å². The van der Waals surface area contributed by atoms with E-state index < -0.39 is 6.10 Å². The molecule has 16 rings (SSSR count). The Morgan fingerprint density at radius 1 is 0.301 bits per heavy atom. The Morgan fingerprint density at radius 2 is 0.496 bits per heavy atom. The molecule has 0 aromatic heterocycles. The first-order chi connectivity index (χ1) is 58.7. The van der Waals surface area contributed by atoms with Gasteiger partial charge in [0.25, 0.3) is 0 Å². The standard InChI is InChI=1S/C71H96O15.C25H34O4.C3H5ClO.CH4.Na.H2O/c1-5-15-47-23-62(66(83-41-54-35-75-54)27-58(47)70(45-19-11-9-12-20-45)60-29-68(85-43-56-37-77-56)64(25-49(60)17-7-3)81-39-52-33-73-52)79-31-51(72)32-80-63-24-48(16-6-2)59(28-67(63)84-42-55-36-76-55)71(46-21-13-10-14-22-46)61-30-69(86-44-57-38-78-57)65(26-50(61)18-8-4)82-40-53-34-74-53;1-3-8-17-12-21(26)23(28)14-19(17)25(16-10-6-5-7-11-16)20-15-24(29)22(27)13-18(20)9-4-2;4-1-3-2-5-3;;;/h23-30,45-46,51-57,70-72H,5-22,31-44H2,1-4H3;12-16,25-29H,3-11H2,1-2H3;3H,1-2H2;1H4;;1H2/q;;;;+1;/p-1. The summed E-state index contributed by atoms with van der Waals surface area (Å²) in [4.78, 5) is 0. The first kappa shape index (κ1) is 97.5. The van der Waals surface area contributed by atoms with Gasteiger partial charge in [-0.15, -0.1) is 11.6 Å². The van der Waals surface area contributed by atoms with Crippen molar-refractivity contribution in [2.24, 2.45) is 17.8 Å². The van der Waals surface area contributed by atoms with Crippen molar-refractivity contribution in [1.29, 1.82) is 0 Å². The maximum atomic E-state index is 12.0. The number of rotatable bonds is 46. The Morgan fingerprint density at radius 3 is 0.699 bits per heavy atom. The van der Waals surface area contributed by atoms with Gasteiger partial charge in [0, 0.05) is 17.8 Å². The number of phenols is 4. The zero-order valence-electron chi connectivity index (χ0n) is 73.6. The Bertz CT molecular complexity index is 3980. The summed E-state index contributed by atoms with van der Waals surface area (Å²) in [6, 6.07) is 24.8. The molecular weight excluding hydrogens is 1600 g/mol. The molecule has 7 aliphatic heterocycles. The van der Waals surface area contributed by atoms with Gasteiger partial charge in [0.2, 0.25) is 0 Å². The molecule has 0 spiro atoms. The summed E-state index contributed by atoms with van der Waals surface area (Å²) in [5.74, 6) is 7.34. The number of epoxide rings is 7. The maximum absolute atomic E-state index is 12.0. The zero-order valence-corrected chi connectivity index (χ0v) is 76.4. The third-order valence-corrected chi connectivity index (χ3v) is 25.5. The smallest absolute Gasteiger partial charge is 0.870 e. The molecule has 10 fully saturated rings. The minimum Gasteiger partial charge on any atom is -0.870 e. The van der Waals surface area contributed by atoms with E-state index in [1.165, 1.54) is 102 Å². The topological polar surface area (TPSA) is 293 Å². The van der Waals surface area contributed by atoms with Gasteiger partial charge in [0.05, 0.1) is 58.2 Å². The van der Waals surface area contributed by atoms with Crippen molar-refractivity contribution in [2.45, 2.75) is 289 Å². The number of alkyl halides is 1. The second kappa shape index (κ2) is 48.3. The molecule has 10 aliphatic rings. The SMILES string of the molecule is C.CCCc1cc(O)c(O)cc1C(c1cc(O)c(O)cc1CCC)C1CCCCC1.CCCc1cc(OCC(O)COc2cc(CCC)c(C(c3cc(OCC4CO4)c(OCC4CO4)cc3CCC)C3CCCCC3)cc2OCC2CO2)c(OCC2CO2)cc1C(c1cc(OCC2CO2)c(OCC2CO2)cc1CCC)C1CCCCC1.ClCC1CO1.[Na+].[OH-]. The molecule has 0 amide bonds. The third kappa shape index (κ3) is 28.2. The van der Waals surface area contributed by atoms with E-state index in [1.54, 1.807) is 24.3 Å². The number of hydrogen-bond acceptors (Lipinski definition) is 21. The Labute approximate surface area is 758 Å². The van der Waals surface area contributed by atoms with E-state index >= 15 is 0 Å². The molecule has 3 saturated carbocycles. The van der Waals surface area contributed by atoms with Crippen molar-refractivity contribution in [2.75, 3.05) is 105 Å². The number of aryl methyl sites for hydroxylation is 6. The molecular formula is C100H140ClNaO21. The summed E-state index contributed by atoms with van der Waals surface area (Å²) in [5.41, 5.74) is 14.3. The van der Waals surface area contributed by atoms with Gasteiger partial charge in [-0.1, -0.05) is 145 Å². The molecule has 9 atom stereocenters. The maximum Gasteiger partial charge on any atom is 1.00 e. The minimum absolute atomic E-state index is 0. The van der Waals surface area contributed by atoms with E-state index in [4.69, 9.17) is 82.7 Å². The van der Waals surface area contributed by atoms with Crippen LogP contribution in [0.3, 0.4) is 0 Å². The van der Waals surface area contributed by atoms with Crippen LogP contribution in [0.15, 0.2) is 72.8 Å². The molecule has 6 aromatic rings. The summed E-state index contributed by atoms with van der Waals surface area (Å²) in [6.45, 7) is 21.1. The second-order valence-corrected chi connectivity index (χ2v) is 35.5. The summed E-state index contributed by atoms with van der Waals surface area (Å²) < 4.78 is 91.5. The summed E-state index contributed by atoms with van der Waals surface area (Å²) >= 11 is 5.27. The Hall–Kier alpha value is -6.15. The molecule has 0 bridgehead atoms. The first-order valence-corrected chi connectivity index (χ1v) is 46.6. The van der Waals surface area contributed by atoms with Crippen LogP contribution in [0.4, 0.5) is 0 Å². The molecule has 6 aromatic carbocycles. The van der Waals surface area contributed by atoms with Gasteiger partial charge in [0.15, 0.2) is 69.0 Å². The fourth-order valence-electron chi connectivity index (χ4n) is 18.4.